The van der Waals surface area contributed by atoms with Gasteiger partial charge in [0.15, 0.2) is 0 Å². The molecule has 0 unspecified atom stereocenters. The smallest absolute Gasteiger partial charge is 0.257 e. The molecule has 0 spiro atoms. The second kappa shape index (κ2) is 5.64. The number of aromatic nitrogens is 1. The van der Waals surface area contributed by atoms with Crippen molar-refractivity contribution in [3.8, 4) is 0 Å². The third-order valence-corrected chi connectivity index (χ3v) is 3.08. The summed E-state index contributed by atoms with van der Waals surface area (Å²) in [5.41, 5.74) is 2.03. The maximum Gasteiger partial charge on any atom is 0.257 e. The molecule has 18 heavy (non-hydrogen) atoms. The van der Waals surface area contributed by atoms with Crippen molar-refractivity contribution < 1.29 is 4.79 Å². The zero-order valence-electron chi connectivity index (χ0n) is 9.77. The van der Waals surface area contributed by atoms with Gasteiger partial charge in [-0.1, -0.05) is 12.1 Å². The first-order valence-corrected chi connectivity index (χ1v) is 6.20. The molecule has 1 amide bonds. The quantitative estimate of drug-likeness (QED) is 0.857. The van der Waals surface area contributed by atoms with E-state index in [0.29, 0.717) is 15.9 Å². The van der Waals surface area contributed by atoms with Gasteiger partial charge < -0.3 is 10.6 Å². The first kappa shape index (κ1) is 12.6. The number of hydrogen-bond donors (Lipinski definition) is 2. The van der Waals surface area contributed by atoms with Crippen molar-refractivity contribution in [1.29, 1.82) is 0 Å². The Balaban J connectivity index is 2.25. The van der Waals surface area contributed by atoms with Crippen LogP contribution in [-0.2, 0) is 0 Å². The summed E-state index contributed by atoms with van der Waals surface area (Å²) in [4.78, 5) is 16.2. The van der Waals surface area contributed by atoms with Crippen molar-refractivity contribution in [2.24, 2.45) is 0 Å². The number of para-hydroxylation sites is 1. The summed E-state index contributed by atoms with van der Waals surface area (Å²) in [7, 11) is 1.78. The number of anilines is 2. The third kappa shape index (κ3) is 2.68. The van der Waals surface area contributed by atoms with Crippen molar-refractivity contribution in [2.75, 3.05) is 17.7 Å². The number of carbonyl (C=O) groups excluding carboxylic acids is 1. The Morgan fingerprint density at radius 1 is 1.17 bits per heavy atom. The Kier molecular flexibility index (Phi) is 3.94. The van der Waals surface area contributed by atoms with E-state index in [2.05, 4.69) is 31.5 Å². The molecule has 1 aromatic carbocycles. The van der Waals surface area contributed by atoms with Crippen LogP contribution < -0.4 is 10.6 Å². The minimum absolute atomic E-state index is 0.173. The van der Waals surface area contributed by atoms with E-state index in [-0.39, 0.29) is 5.91 Å². The van der Waals surface area contributed by atoms with Crippen LogP contribution in [0.4, 0.5) is 11.4 Å². The van der Waals surface area contributed by atoms with Crippen LogP contribution in [0.15, 0.2) is 47.2 Å². The normalized spacial score (nSPS) is 9.89. The molecule has 0 bridgehead atoms. The Morgan fingerprint density at radius 3 is 2.61 bits per heavy atom. The minimum Gasteiger partial charge on any atom is -0.387 e. The average molecular weight is 306 g/mol. The molecule has 0 atom stereocenters. The molecule has 4 nitrogen and oxygen atoms in total. The lowest BCUT2D eigenvalue weighted by atomic mass is 10.1. The van der Waals surface area contributed by atoms with Crippen LogP contribution in [0.5, 0.6) is 0 Å². The predicted octanol–water partition coefficient (Wildman–Crippen LogP) is 3.14. The fourth-order valence-corrected chi connectivity index (χ4v) is 1.92. The summed E-state index contributed by atoms with van der Waals surface area (Å²) in [6.45, 7) is 0. The highest BCUT2D eigenvalue weighted by Gasteiger charge is 2.11. The van der Waals surface area contributed by atoms with E-state index in [1.165, 1.54) is 0 Å². The van der Waals surface area contributed by atoms with E-state index < -0.39 is 0 Å². The molecule has 0 radical (unpaired) electrons. The maximum absolute atomic E-state index is 12.1. The lowest BCUT2D eigenvalue weighted by Gasteiger charge is -2.10. The van der Waals surface area contributed by atoms with E-state index in [1.807, 2.05) is 18.2 Å². The molecule has 0 aliphatic carbocycles. The molecule has 1 heterocycles. The SMILES string of the molecule is CNc1ccccc1C(=O)Nc1cccnc1Br. The van der Waals surface area contributed by atoms with Gasteiger partial charge in [0.2, 0.25) is 0 Å². The highest BCUT2D eigenvalue weighted by atomic mass is 79.9. The summed E-state index contributed by atoms with van der Waals surface area (Å²) in [6, 6.07) is 10.9. The summed E-state index contributed by atoms with van der Waals surface area (Å²) in [6.07, 6.45) is 1.65. The number of carbonyl (C=O) groups is 1. The van der Waals surface area contributed by atoms with Gasteiger partial charge in [-0.15, -0.1) is 0 Å². The Labute approximate surface area is 114 Å². The summed E-state index contributed by atoms with van der Waals surface area (Å²) < 4.78 is 0.611. The number of pyridine rings is 1. The summed E-state index contributed by atoms with van der Waals surface area (Å²) >= 11 is 3.29. The monoisotopic (exact) mass is 305 g/mol. The standard InChI is InChI=1S/C13H12BrN3O/c1-15-10-6-3-2-5-9(10)13(18)17-11-7-4-8-16-12(11)14/h2-8,15H,1H3,(H,17,18). The second-order valence-electron chi connectivity index (χ2n) is 3.59. The Bertz CT molecular complexity index is 572. The van der Waals surface area contributed by atoms with Gasteiger partial charge >= 0.3 is 0 Å². The number of amides is 1. The average Bonchev–Trinajstić information content (AvgIpc) is 2.41. The van der Waals surface area contributed by atoms with Crippen molar-refractivity contribution in [3.05, 3.63) is 52.8 Å². The number of nitrogens with zero attached hydrogens (tertiary/aromatic N) is 1. The van der Waals surface area contributed by atoms with Crippen LogP contribution in [0.2, 0.25) is 0 Å². The molecule has 0 aliphatic rings. The molecule has 0 aliphatic heterocycles. The van der Waals surface area contributed by atoms with Crippen molar-refractivity contribution in [1.82, 2.24) is 4.98 Å². The lowest BCUT2D eigenvalue weighted by Crippen LogP contribution is -2.14. The second-order valence-corrected chi connectivity index (χ2v) is 4.34. The van der Waals surface area contributed by atoms with Gasteiger partial charge in [-0.05, 0) is 40.2 Å². The lowest BCUT2D eigenvalue weighted by molar-refractivity contribution is 0.102. The van der Waals surface area contributed by atoms with Crippen molar-refractivity contribution >= 4 is 33.2 Å². The van der Waals surface area contributed by atoms with Crippen molar-refractivity contribution in [2.45, 2.75) is 0 Å². The first-order valence-electron chi connectivity index (χ1n) is 5.41. The molecule has 92 valence electrons. The molecule has 0 fully saturated rings. The first-order chi connectivity index (χ1) is 8.72. The number of hydrogen-bond acceptors (Lipinski definition) is 3. The molecule has 0 saturated heterocycles. The van der Waals surface area contributed by atoms with Crippen LogP contribution in [0.25, 0.3) is 0 Å². The largest absolute Gasteiger partial charge is 0.387 e. The van der Waals surface area contributed by atoms with Gasteiger partial charge in [-0.25, -0.2) is 4.98 Å². The van der Waals surface area contributed by atoms with Crippen LogP contribution in [-0.4, -0.2) is 17.9 Å². The fraction of sp³-hybridized carbons (Fsp3) is 0.0769. The Hall–Kier alpha value is -1.88. The van der Waals surface area contributed by atoms with Gasteiger partial charge in [0.25, 0.3) is 5.91 Å². The van der Waals surface area contributed by atoms with Crippen LogP contribution in [0.1, 0.15) is 10.4 Å². The van der Waals surface area contributed by atoms with Gasteiger partial charge in [-0.3, -0.25) is 4.79 Å². The van der Waals surface area contributed by atoms with E-state index in [4.69, 9.17) is 0 Å². The highest BCUT2D eigenvalue weighted by Crippen LogP contribution is 2.21. The number of rotatable bonds is 3. The number of nitrogens with one attached hydrogen (secondary N) is 2. The Morgan fingerprint density at radius 2 is 1.89 bits per heavy atom. The number of halogens is 1. The van der Waals surface area contributed by atoms with E-state index in [0.717, 1.165) is 5.69 Å². The molecular formula is C13H12BrN3O. The third-order valence-electron chi connectivity index (χ3n) is 2.45. The predicted molar refractivity (Wildman–Crippen MR) is 75.9 cm³/mol. The van der Waals surface area contributed by atoms with Gasteiger partial charge in [0.1, 0.15) is 4.60 Å². The molecule has 1 aromatic heterocycles. The zero-order chi connectivity index (χ0) is 13.0. The van der Waals surface area contributed by atoms with Gasteiger partial charge in [0.05, 0.1) is 11.3 Å². The molecule has 2 rings (SSSR count). The fourth-order valence-electron chi connectivity index (χ4n) is 1.57. The van der Waals surface area contributed by atoms with E-state index in [1.54, 1.807) is 31.4 Å². The van der Waals surface area contributed by atoms with Gasteiger partial charge in [-0.2, -0.15) is 0 Å². The molecule has 0 saturated carbocycles. The maximum atomic E-state index is 12.1. The van der Waals surface area contributed by atoms with Crippen LogP contribution in [0, 0.1) is 0 Å². The van der Waals surface area contributed by atoms with E-state index >= 15 is 0 Å². The zero-order valence-corrected chi connectivity index (χ0v) is 11.4. The van der Waals surface area contributed by atoms with E-state index in [9.17, 15) is 4.79 Å². The minimum atomic E-state index is -0.173. The molecule has 2 aromatic rings. The number of benzene rings is 1. The van der Waals surface area contributed by atoms with Gasteiger partial charge in [0, 0.05) is 18.9 Å². The molecular weight excluding hydrogens is 294 g/mol. The van der Waals surface area contributed by atoms with Crippen LogP contribution >= 0.6 is 15.9 Å². The van der Waals surface area contributed by atoms with Crippen LogP contribution in [0.3, 0.4) is 0 Å². The molecule has 5 heteroatoms. The highest BCUT2D eigenvalue weighted by molar-refractivity contribution is 9.10. The summed E-state index contributed by atoms with van der Waals surface area (Å²) in [5, 5.41) is 5.80. The summed E-state index contributed by atoms with van der Waals surface area (Å²) in [5.74, 6) is -0.173. The van der Waals surface area contributed by atoms with Crippen molar-refractivity contribution in [3.63, 3.8) is 0 Å². The topological polar surface area (TPSA) is 54.0 Å². The molecule has 2 N–H and O–H groups in total.